The zero-order chi connectivity index (χ0) is 20.5. The van der Waals surface area contributed by atoms with Crippen molar-refractivity contribution in [1.29, 1.82) is 0 Å². The van der Waals surface area contributed by atoms with E-state index in [1.165, 1.54) is 6.92 Å². The van der Waals surface area contributed by atoms with Gasteiger partial charge in [-0.1, -0.05) is 28.1 Å². The fourth-order valence-electron chi connectivity index (χ4n) is 3.10. The van der Waals surface area contributed by atoms with E-state index < -0.39 is 28.0 Å². The molecule has 150 valence electrons. The third kappa shape index (κ3) is 4.67. The molecular formula is C18H19BrN2O6S. The van der Waals surface area contributed by atoms with Gasteiger partial charge in [0, 0.05) is 22.9 Å². The predicted octanol–water partition coefficient (Wildman–Crippen LogP) is 1.73. The number of amides is 1. The summed E-state index contributed by atoms with van der Waals surface area (Å²) in [6.07, 6.45) is -0.598. The fraction of sp³-hybridized carbons (Fsp3) is 0.444. The van der Waals surface area contributed by atoms with Crippen molar-refractivity contribution in [3.63, 3.8) is 0 Å². The molecule has 1 aromatic carbocycles. The quantitative estimate of drug-likeness (QED) is 0.478. The molecule has 0 spiro atoms. The first-order valence-corrected chi connectivity index (χ1v) is 11.4. The second kappa shape index (κ2) is 8.12. The van der Waals surface area contributed by atoms with Gasteiger partial charge in [-0.05, 0) is 25.5 Å². The van der Waals surface area contributed by atoms with Crippen LogP contribution in [0.15, 0.2) is 33.8 Å². The number of carbonyl (C=O) groups excluding carboxylic acids is 3. The van der Waals surface area contributed by atoms with Crippen molar-refractivity contribution in [3.8, 4) is 0 Å². The van der Waals surface area contributed by atoms with E-state index in [9.17, 15) is 22.8 Å². The highest BCUT2D eigenvalue weighted by molar-refractivity contribution is 9.10. The first kappa shape index (κ1) is 20.7. The van der Waals surface area contributed by atoms with Gasteiger partial charge in [-0.15, -0.1) is 0 Å². The van der Waals surface area contributed by atoms with Crippen molar-refractivity contribution in [1.82, 2.24) is 5.01 Å². The number of carbonyl (C=O) groups is 3. The lowest BCUT2D eigenvalue weighted by atomic mass is 10.1. The first-order chi connectivity index (χ1) is 13.2. The Morgan fingerprint density at radius 3 is 2.54 bits per heavy atom. The second-order valence-corrected chi connectivity index (χ2v) is 9.90. The maximum Gasteiger partial charge on any atom is 0.355 e. The van der Waals surface area contributed by atoms with Crippen LogP contribution in [0, 0.1) is 0 Å². The van der Waals surface area contributed by atoms with Gasteiger partial charge in [0.25, 0.3) is 0 Å². The van der Waals surface area contributed by atoms with Crippen LogP contribution in [0.3, 0.4) is 0 Å². The second-order valence-electron chi connectivity index (χ2n) is 6.76. The topological polar surface area (TPSA) is 110 Å². The Balaban J connectivity index is 1.69. The van der Waals surface area contributed by atoms with Crippen LogP contribution < -0.4 is 0 Å². The smallest absolute Gasteiger partial charge is 0.355 e. The number of Topliss-reactive ketones (excluding diaryl/α,β-unsaturated/α-hetero) is 1. The van der Waals surface area contributed by atoms with Gasteiger partial charge in [-0.2, -0.15) is 5.10 Å². The summed E-state index contributed by atoms with van der Waals surface area (Å²) < 4.78 is 29.4. The predicted molar refractivity (Wildman–Crippen MR) is 105 cm³/mol. The number of halogens is 1. The van der Waals surface area contributed by atoms with E-state index in [4.69, 9.17) is 4.74 Å². The van der Waals surface area contributed by atoms with Crippen LogP contribution in [0.2, 0.25) is 0 Å². The molecule has 0 aromatic heterocycles. The molecule has 10 heteroatoms. The molecule has 0 aliphatic carbocycles. The lowest BCUT2D eigenvalue weighted by Gasteiger charge is -2.27. The van der Waals surface area contributed by atoms with Crippen LogP contribution in [0.5, 0.6) is 0 Å². The summed E-state index contributed by atoms with van der Waals surface area (Å²) in [6, 6.07) is 6.10. The normalized spacial score (nSPS) is 22.5. The van der Waals surface area contributed by atoms with Gasteiger partial charge in [-0.3, -0.25) is 9.59 Å². The third-order valence-corrected chi connectivity index (χ3v) is 6.91. The number of hydrazone groups is 1. The van der Waals surface area contributed by atoms with E-state index in [-0.39, 0.29) is 41.7 Å². The molecule has 28 heavy (non-hydrogen) atoms. The summed E-state index contributed by atoms with van der Waals surface area (Å²) >= 11 is 3.29. The molecule has 2 aliphatic heterocycles. The van der Waals surface area contributed by atoms with E-state index in [1.54, 1.807) is 24.3 Å². The van der Waals surface area contributed by atoms with Gasteiger partial charge in [0.15, 0.2) is 15.9 Å². The molecule has 0 radical (unpaired) electrons. The number of rotatable bonds is 5. The monoisotopic (exact) mass is 470 g/mol. The van der Waals surface area contributed by atoms with Crippen molar-refractivity contribution in [2.24, 2.45) is 5.10 Å². The Hall–Kier alpha value is -2.07. The molecule has 2 atom stereocenters. The number of ketones is 1. The maximum atomic E-state index is 12.4. The van der Waals surface area contributed by atoms with Gasteiger partial charge in [0.1, 0.15) is 5.71 Å². The van der Waals surface area contributed by atoms with Crippen LogP contribution in [-0.2, 0) is 24.2 Å². The average molecular weight is 471 g/mol. The Kier molecular flexibility index (Phi) is 5.99. The first-order valence-electron chi connectivity index (χ1n) is 8.77. The molecule has 8 nitrogen and oxygen atoms in total. The maximum absolute atomic E-state index is 12.4. The number of hydrogen-bond donors (Lipinski definition) is 0. The van der Waals surface area contributed by atoms with E-state index in [2.05, 4.69) is 21.0 Å². The zero-order valence-electron chi connectivity index (χ0n) is 15.1. The highest BCUT2D eigenvalue weighted by atomic mass is 79.9. The molecule has 1 amide bonds. The Labute approximate surface area is 171 Å². The van der Waals surface area contributed by atoms with Crippen molar-refractivity contribution in [2.45, 2.75) is 38.3 Å². The number of sulfone groups is 1. The molecule has 2 aliphatic rings. The summed E-state index contributed by atoms with van der Waals surface area (Å²) in [5.41, 5.74) is 0.418. The molecule has 1 aromatic rings. The molecule has 2 heterocycles. The highest BCUT2D eigenvalue weighted by Gasteiger charge is 2.37. The molecule has 1 saturated heterocycles. The summed E-state index contributed by atoms with van der Waals surface area (Å²) in [4.78, 5) is 36.9. The minimum atomic E-state index is -3.20. The standard InChI is InChI=1S/C18H19BrN2O6S/c1-11(17(23)12-2-4-13(19)5-3-12)27-18(24)15-6-7-16(22)21(20-15)14-8-9-28(25,26)10-14/h2-5,11,14H,6-10H2,1H3/t11-,14-/m0/s1. The lowest BCUT2D eigenvalue weighted by Crippen LogP contribution is -2.42. The summed E-state index contributed by atoms with van der Waals surface area (Å²) in [5.74, 6) is -1.63. The molecule has 0 unspecified atom stereocenters. The zero-order valence-corrected chi connectivity index (χ0v) is 17.5. The summed E-state index contributed by atoms with van der Waals surface area (Å²) in [5, 5.41) is 5.14. The van der Waals surface area contributed by atoms with Crippen molar-refractivity contribution in [3.05, 3.63) is 34.3 Å². The highest BCUT2D eigenvalue weighted by Crippen LogP contribution is 2.22. The van der Waals surface area contributed by atoms with Crippen LogP contribution >= 0.6 is 15.9 Å². The minimum Gasteiger partial charge on any atom is -0.450 e. The van der Waals surface area contributed by atoms with Crippen molar-refractivity contribution in [2.75, 3.05) is 11.5 Å². The average Bonchev–Trinajstić information content (AvgIpc) is 3.01. The minimum absolute atomic E-state index is 0.00449. The van der Waals surface area contributed by atoms with Gasteiger partial charge in [-0.25, -0.2) is 18.2 Å². The molecular weight excluding hydrogens is 452 g/mol. The van der Waals surface area contributed by atoms with E-state index in [0.29, 0.717) is 12.0 Å². The van der Waals surface area contributed by atoms with Crippen LogP contribution in [-0.4, -0.2) is 60.4 Å². The Bertz CT molecular complexity index is 941. The number of hydrogen-bond acceptors (Lipinski definition) is 7. The molecule has 0 bridgehead atoms. The molecule has 0 N–H and O–H groups in total. The van der Waals surface area contributed by atoms with Crippen LogP contribution in [0.25, 0.3) is 0 Å². The summed E-state index contributed by atoms with van der Waals surface area (Å²) in [6.45, 7) is 1.47. The van der Waals surface area contributed by atoms with Gasteiger partial charge in [0.05, 0.1) is 17.5 Å². The number of ether oxygens (including phenoxy) is 1. The SMILES string of the molecule is C[C@H](OC(=O)C1=NN([C@H]2CCS(=O)(=O)C2)C(=O)CC1)C(=O)c1ccc(Br)cc1. The van der Waals surface area contributed by atoms with Crippen molar-refractivity contribution < 1.29 is 27.5 Å². The molecule has 0 saturated carbocycles. The lowest BCUT2D eigenvalue weighted by molar-refractivity contribution is -0.139. The summed E-state index contributed by atoms with van der Waals surface area (Å²) in [7, 11) is -3.20. The number of esters is 1. The van der Waals surface area contributed by atoms with Crippen LogP contribution in [0.4, 0.5) is 0 Å². The van der Waals surface area contributed by atoms with E-state index in [0.717, 1.165) is 9.48 Å². The Morgan fingerprint density at radius 2 is 1.93 bits per heavy atom. The van der Waals surface area contributed by atoms with Gasteiger partial charge in [0.2, 0.25) is 11.7 Å². The third-order valence-electron chi connectivity index (χ3n) is 4.63. The largest absolute Gasteiger partial charge is 0.450 e. The number of benzene rings is 1. The van der Waals surface area contributed by atoms with Crippen molar-refractivity contribution >= 4 is 49.1 Å². The van der Waals surface area contributed by atoms with E-state index >= 15 is 0 Å². The molecule has 1 fully saturated rings. The van der Waals surface area contributed by atoms with Crippen LogP contribution in [0.1, 0.15) is 36.5 Å². The van der Waals surface area contributed by atoms with Gasteiger partial charge >= 0.3 is 5.97 Å². The van der Waals surface area contributed by atoms with E-state index in [1.807, 2.05) is 0 Å². The fourth-order valence-corrected chi connectivity index (χ4v) is 5.06. The van der Waals surface area contributed by atoms with Gasteiger partial charge < -0.3 is 4.74 Å². The number of nitrogens with zero attached hydrogens (tertiary/aromatic N) is 2. The Morgan fingerprint density at radius 1 is 1.25 bits per heavy atom. The molecule has 3 rings (SSSR count).